The fourth-order valence-electron chi connectivity index (χ4n) is 4.76. The number of carbonyl (C=O) groups is 2. The van der Waals surface area contributed by atoms with Crippen LogP contribution in [0.2, 0.25) is 0 Å². The van der Waals surface area contributed by atoms with Crippen LogP contribution in [0.5, 0.6) is 0 Å². The minimum Gasteiger partial charge on any atom is -0.342 e. The molecular formula is C25H25FN4O3. The lowest BCUT2D eigenvalue weighted by molar-refractivity contribution is -0.137. The number of para-hydroxylation sites is 1. The highest BCUT2D eigenvalue weighted by molar-refractivity contribution is 6.00. The van der Waals surface area contributed by atoms with E-state index in [4.69, 9.17) is 4.52 Å². The number of aromatic nitrogens is 2. The van der Waals surface area contributed by atoms with Gasteiger partial charge in [0.05, 0.1) is 11.5 Å². The molecular weight excluding hydrogens is 423 g/mol. The van der Waals surface area contributed by atoms with Crippen LogP contribution < -0.4 is 4.90 Å². The second-order valence-corrected chi connectivity index (χ2v) is 8.73. The molecule has 2 aliphatic rings. The molecule has 0 spiro atoms. The summed E-state index contributed by atoms with van der Waals surface area (Å²) >= 11 is 0. The van der Waals surface area contributed by atoms with Gasteiger partial charge in [-0.2, -0.15) is 4.98 Å². The highest BCUT2D eigenvalue weighted by atomic mass is 19.1. The number of hydrogen-bond donors (Lipinski definition) is 0. The second-order valence-electron chi connectivity index (χ2n) is 8.73. The Morgan fingerprint density at radius 2 is 1.88 bits per heavy atom. The van der Waals surface area contributed by atoms with Crippen molar-refractivity contribution < 1.29 is 18.5 Å². The number of likely N-dealkylation sites (tertiary alicyclic amines) is 1. The summed E-state index contributed by atoms with van der Waals surface area (Å²) in [5, 5.41) is 3.93. The monoisotopic (exact) mass is 448 g/mol. The standard InChI is InChI=1S/C25H25FN4O3/c26-21-11-5-4-10-20(21)24-27-22(33-28-24)13-17-7-6-12-29(15-17)25(32)18-14-23(31)30(16-18)19-8-2-1-3-9-19/h1-5,8-11,17-18H,6-7,12-16H2. The lowest BCUT2D eigenvalue weighted by Gasteiger charge is -2.33. The Labute approximate surface area is 191 Å². The minimum atomic E-state index is -0.394. The van der Waals surface area contributed by atoms with Crippen LogP contribution in [0.25, 0.3) is 11.4 Å². The van der Waals surface area contributed by atoms with Crippen molar-refractivity contribution in [3.63, 3.8) is 0 Å². The molecule has 1 aromatic heterocycles. The fraction of sp³-hybridized carbons (Fsp3) is 0.360. The van der Waals surface area contributed by atoms with E-state index in [1.807, 2.05) is 35.2 Å². The first-order valence-corrected chi connectivity index (χ1v) is 11.3. The largest absolute Gasteiger partial charge is 0.342 e. The van der Waals surface area contributed by atoms with Gasteiger partial charge in [-0.25, -0.2) is 4.39 Å². The number of amides is 2. The third kappa shape index (κ3) is 4.51. The summed E-state index contributed by atoms with van der Waals surface area (Å²) < 4.78 is 19.4. The Morgan fingerprint density at radius 3 is 2.70 bits per heavy atom. The molecule has 3 heterocycles. The van der Waals surface area contributed by atoms with E-state index in [0.717, 1.165) is 18.5 Å². The molecule has 0 bridgehead atoms. The van der Waals surface area contributed by atoms with Crippen molar-refractivity contribution in [1.29, 1.82) is 0 Å². The van der Waals surface area contributed by atoms with Crippen molar-refractivity contribution in [2.45, 2.75) is 25.7 Å². The number of piperidine rings is 1. The SMILES string of the molecule is O=C(C1CC(=O)N(c2ccccc2)C1)N1CCCC(Cc2nc(-c3ccccc3F)no2)C1. The van der Waals surface area contributed by atoms with Crippen molar-refractivity contribution in [2.75, 3.05) is 24.5 Å². The summed E-state index contributed by atoms with van der Waals surface area (Å²) in [6.45, 7) is 1.69. The first-order valence-electron chi connectivity index (χ1n) is 11.3. The topological polar surface area (TPSA) is 79.5 Å². The molecule has 0 N–H and O–H groups in total. The Hall–Kier alpha value is -3.55. The maximum absolute atomic E-state index is 14.0. The van der Waals surface area contributed by atoms with Gasteiger partial charge in [0.15, 0.2) is 0 Å². The van der Waals surface area contributed by atoms with Crippen LogP contribution >= 0.6 is 0 Å². The maximum Gasteiger partial charge on any atom is 0.228 e. The first-order chi connectivity index (χ1) is 16.1. The van der Waals surface area contributed by atoms with Gasteiger partial charge >= 0.3 is 0 Å². The maximum atomic E-state index is 14.0. The Balaban J connectivity index is 1.21. The lowest BCUT2D eigenvalue weighted by Crippen LogP contribution is -2.44. The molecule has 8 heteroatoms. The molecule has 0 radical (unpaired) electrons. The summed E-state index contributed by atoms with van der Waals surface area (Å²) in [4.78, 5) is 33.7. The lowest BCUT2D eigenvalue weighted by atomic mass is 9.93. The van der Waals surface area contributed by atoms with E-state index < -0.39 is 5.82 Å². The molecule has 2 amide bonds. The Morgan fingerprint density at radius 1 is 1.09 bits per heavy atom. The molecule has 170 valence electrons. The number of hydrogen-bond acceptors (Lipinski definition) is 5. The Kier molecular flexibility index (Phi) is 5.90. The number of carbonyl (C=O) groups excluding carboxylic acids is 2. The van der Waals surface area contributed by atoms with Crippen LogP contribution in [0.4, 0.5) is 10.1 Å². The quantitative estimate of drug-likeness (QED) is 0.595. The average Bonchev–Trinajstić information content (AvgIpc) is 3.46. The normalized spacial score (nSPS) is 20.9. The van der Waals surface area contributed by atoms with Crippen LogP contribution in [-0.4, -0.2) is 46.5 Å². The zero-order valence-electron chi connectivity index (χ0n) is 18.2. The van der Waals surface area contributed by atoms with Crippen molar-refractivity contribution in [3.05, 3.63) is 66.3 Å². The molecule has 2 atom stereocenters. The average molecular weight is 448 g/mol. The van der Waals surface area contributed by atoms with Gasteiger partial charge in [0, 0.05) is 38.2 Å². The van der Waals surface area contributed by atoms with Crippen LogP contribution in [-0.2, 0) is 16.0 Å². The fourth-order valence-corrected chi connectivity index (χ4v) is 4.76. The van der Waals surface area contributed by atoms with E-state index in [1.165, 1.54) is 6.07 Å². The number of rotatable bonds is 5. The molecule has 2 aromatic carbocycles. The predicted octanol–water partition coefficient (Wildman–Crippen LogP) is 3.71. The van der Waals surface area contributed by atoms with Crippen molar-refractivity contribution in [3.8, 4) is 11.4 Å². The predicted molar refractivity (Wildman–Crippen MR) is 120 cm³/mol. The molecule has 33 heavy (non-hydrogen) atoms. The van der Waals surface area contributed by atoms with Crippen molar-refractivity contribution >= 4 is 17.5 Å². The summed E-state index contributed by atoms with van der Waals surface area (Å²) in [6.07, 6.45) is 2.60. The minimum absolute atomic E-state index is 0.0142. The molecule has 2 fully saturated rings. The number of nitrogens with zero attached hydrogens (tertiary/aromatic N) is 4. The second kappa shape index (κ2) is 9.13. The van der Waals surface area contributed by atoms with E-state index in [-0.39, 0.29) is 35.9 Å². The highest BCUT2D eigenvalue weighted by Gasteiger charge is 2.38. The van der Waals surface area contributed by atoms with Gasteiger partial charge in [-0.1, -0.05) is 35.5 Å². The number of anilines is 1. The van der Waals surface area contributed by atoms with E-state index in [1.54, 1.807) is 23.1 Å². The van der Waals surface area contributed by atoms with Gasteiger partial charge in [-0.15, -0.1) is 0 Å². The Bertz CT molecular complexity index is 1150. The van der Waals surface area contributed by atoms with Gasteiger partial charge in [0.25, 0.3) is 0 Å². The van der Waals surface area contributed by atoms with Gasteiger partial charge in [0.1, 0.15) is 5.82 Å². The van der Waals surface area contributed by atoms with E-state index in [9.17, 15) is 14.0 Å². The van der Waals surface area contributed by atoms with E-state index in [0.29, 0.717) is 37.5 Å². The highest BCUT2D eigenvalue weighted by Crippen LogP contribution is 2.29. The molecule has 3 aromatic rings. The van der Waals surface area contributed by atoms with Crippen LogP contribution in [0.1, 0.15) is 25.2 Å². The molecule has 7 nitrogen and oxygen atoms in total. The number of halogens is 1. The summed E-state index contributed by atoms with van der Waals surface area (Å²) in [5.41, 5.74) is 1.14. The summed E-state index contributed by atoms with van der Waals surface area (Å²) in [6, 6.07) is 15.8. The van der Waals surface area contributed by atoms with Crippen molar-refractivity contribution in [1.82, 2.24) is 15.0 Å². The van der Waals surface area contributed by atoms with Gasteiger partial charge in [0.2, 0.25) is 23.5 Å². The smallest absolute Gasteiger partial charge is 0.228 e. The van der Waals surface area contributed by atoms with Gasteiger partial charge in [-0.3, -0.25) is 9.59 Å². The molecule has 0 saturated carbocycles. The molecule has 2 saturated heterocycles. The zero-order valence-corrected chi connectivity index (χ0v) is 18.2. The van der Waals surface area contributed by atoms with E-state index in [2.05, 4.69) is 10.1 Å². The van der Waals surface area contributed by atoms with Gasteiger partial charge < -0.3 is 14.3 Å². The van der Waals surface area contributed by atoms with Crippen LogP contribution in [0.15, 0.2) is 59.1 Å². The summed E-state index contributed by atoms with van der Waals surface area (Å²) in [7, 11) is 0. The third-order valence-electron chi connectivity index (χ3n) is 6.42. The molecule has 2 unspecified atom stereocenters. The molecule has 0 aliphatic carbocycles. The summed E-state index contributed by atoms with van der Waals surface area (Å²) in [5.74, 6) is 0.154. The van der Waals surface area contributed by atoms with Crippen LogP contribution in [0.3, 0.4) is 0 Å². The molecule has 5 rings (SSSR count). The first kappa shape index (κ1) is 21.3. The zero-order chi connectivity index (χ0) is 22.8. The number of benzene rings is 2. The third-order valence-corrected chi connectivity index (χ3v) is 6.42. The van der Waals surface area contributed by atoms with Crippen molar-refractivity contribution in [2.24, 2.45) is 11.8 Å². The van der Waals surface area contributed by atoms with Crippen LogP contribution in [0, 0.1) is 17.7 Å². The van der Waals surface area contributed by atoms with E-state index >= 15 is 0 Å². The van der Waals surface area contributed by atoms with Gasteiger partial charge in [-0.05, 0) is 43.0 Å². The molecule has 2 aliphatic heterocycles.